The number of hydrogen-bond donors (Lipinski definition) is 1. The van der Waals surface area contributed by atoms with Crippen molar-refractivity contribution in [2.75, 3.05) is 12.4 Å². The first kappa shape index (κ1) is 15.1. The largest absolute Gasteiger partial charge is 0.496 e. The molecule has 0 saturated carbocycles. The van der Waals surface area contributed by atoms with E-state index in [1.54, 1.807) is 7.11 Å². The first-order chi connectivity index (χ1) is 9.60. The van der Waals surface area contributed by atoms with Crippen LogP contribution in [0.4, 0.5) is 5.69 Å². The van der Waals surface area contributed by atoms with Crippen molar-refractivity contribution in [3.05, 3.63) is 57.0 Å². The predicted molar refractivity (Wildman–Crippen MR) is 87.2 cm³/mol. The summed E-state index contributed by atoms with van der Waals surface area (Å²) in [5.74, 6) is 0.634. The molecule has 1 amide bonds. The average molecular weight is 399 g/mol. The van der Waals surface area contributed by atoms with Gasteiger partial charge < -0.3 is 10.1 Å². The number of benzene rings is 2. The number of ether oxygens (including phenoxy) is 1. The third-order valence-electron chi connectivity index (χ3n) is 2.75. The van der Waals surface area contributed by atoms with E-state index in [1.807, 2.05) is 42.5 Å². The number of hydrogen-bond acceptors (Lipinski definition) is 2. The Morgan fingerprint density at radius 2 is 1.95 bits per heavy atom. The fourth-order valence-corrected chi connectivity index (χ4v) is 2.95. The third kappa shape index (κ3) is 3.84. The first-order valence-corrected chi connectivity index (χ1v) is 7.55. The van der Waals surface area contributed by atoms with E-state index in [0.717, 1.165) is 25.9 Å². The van der Waals surface area contributed by atoms with Gasteiger partial charge in [-0.3, -0.25) is 4.79 Å². The van der Waals surface area contributed by atoms with E-state index in [9.17, 15) is 4.79 Å². The number of para-hydroxylation sites is 1. The summed E-state index contributed by atoms with van der Waals surface area (Å²) >= 11 is 6.80. The zero-order valence-electron chi connectivity index (χ0n) is 10.8. The molecule has 0 saturated heterocycles. The van der Waals surface area contributed by atoms with Gasteiger partial charge in [0.2, 0.25) is 5.91 Å². The maximum Gasteiger partial charge on any atom is 0.228 e. The number of methoxy groups -OCH3 is 1. The van der Waals surface area contributed by atoms with E-state index in [2.05, 4.69) is 37.2 Å². The van der Waals surface area contributed by atoms with Gasteiger partial charge in [0.15, 0.2) is 0 Å². The Labute approximate surface area is 134 Å². The van der Waals surface area contributed by atoms with Crippen LogP contribution in [0.1, 0.15) is 5.56 Å². The van der Waals surface area contributed by atoms with E-state index in [4.69, 9.17) is 4.74 Å². The average Bonchev–Trinajstić information content (AvgIpc) is 2.42. The van der Waals surface area contributed by atoms with Crippen LogP contribution in [0.3, 0.4) is 0 Å². The van der Waals surface area contributed by atoms with Gasteiger partial charge in [0.1, 0.15) is 5.75 Å². The summed E-state index contributed by atoms with van der Waals surface area (Å²) in [4.78, 5) is 12.1. The lowest BCUT2D eigenvalue weighted by Gasteiger charge is -2.10. The van der Waals surface area contributed by atoms with E-state index in [-0.39, 0.29) is 12.3 Å². The molecule has 0 aliphatic heterocycles. The SMILES string of the molecule is COc1ccccc1CC(=O)Nc1ccc(Br)cc1Br. The van der Waals surface area contributed by atoms with Crippen LogP contribution in [-0.4, -0.2) is 13.0 Å². The standard InChI is InChI=1S/C15H13Br2NO2/c1-20-14-5-3-2-4-10(14)8-15(19)18-13-7-6-11(16)9-12(13)17/h2-7,9H,8H2,1H3,(H,18,19). The highest BCUT2D eigenvalue weighted by atomic mass is 79.9. The van der Waals surface area contributed by atoms with Gasteiger partial charge in [-0.2, -0.15) is 0 Å². The first-order valence-electron chi connectivity index (χ1n) is 5.97. The molecule has 0 unspecified atom stereocenters. The van der Waals surface area contributed by atoms with Gasteiger partial charge >= 0.3 is 0 Å². The maximum atomic E-state index is 12.1. The molecular formula is C15H13Br2NO2. The molecule has 3 nitrogen and oxygen atoms in total. The monoisotopic (exact) mass is 397 g/mol. The minimum atomic E-state index is -0.0856. The summed E-state index contributed by atoms with van der Waals surface area (Å²) in [6.45, 7) is 0. The van der Waals surface area contributed by atoms with Gasteiger partial charge in [-0.25, -0.2) is 0 Å². The summed E-state index contributed by atoms with van der Waals surface area (Å²) in [6, 6.07) is 13.1. The maximum absolute atomic E-state index is 12.1. The Bertz CT molecular complexity index is 629. The molecule has 0 atom stereocenters. The van der Waals surface area contributed by atoms with Gasteiger partial charge in [-0.1, -0.05) is 34.1 Å². The lowest BCUT2D eigenvalue weighted by atomic mass is 10.1. The Hall–Kier alpha value is -1.33. The van der Waals surface area contributed by atoms with Crippen LogP contribution in [-0.2, 0) is 11.2 Å². The topological polar surface area (TPSA) is 38.3 Å². The van der Waals surface area contributed by atoms with Crippen molar-refractivity contribution in [1.82, 2.24) is 0 Å². The molecule has 2 aromatic rings. The number of amides is 1. The van der Waals surface area contributed by atoms with Crippen LogP contribution in [0.15, 0.2) is 51.4 Å². The molecule has 2 rings (SSSR count). The minimum absolute atomic E-state index is 0.0856. The molecule has 0 aromatic heterocycles. The van der Waals surface area contributed by atoms with Gasteiger partial charge in [-0.05, 0) is 40.2 Å². The summed E-state index contributed by atoms with van der Waals surface area (Å²) < 4.78 is 7.03. The van der Waals surface area contributed by atoms with E-state index in [1.165, 1.54) is 0 Å². The van der Waals surface area contributed by atoms with Crippen LogP contribution in [0.25, 0.3) is 0 Å². The number of anilines is 1. The number of carbonyl (C=O) groups excluding carboxylic acids is 1. The summed E-state index contributed by atoms with van der Waals surface area (Å²) in [7, 11) is 1.60. The molecular weight excluding hydrogens is 386 g/mol. The third-order valence-corrected chi connectivity index (χ3v) is 3.90. The molecule has 0 spiro atoms. The fraction of sp³-hybridized carbons (Fsp3) is 0.133. The minimum Gasteiger partial charge on any atom is -0.496 e. The molecule has 0 radical (unpaired) electrons. The molecule has 0 bridgehead atoms. The van der Waals surface area contributed by atoms with E-state index >= 15 is 0 Å². The number of rotatable bonds is 4. The highest BCUT2D eigenvalue weighted by Gasteiger charge is 2.10. The van der Waals surface area contributed by atoms with Crippen LogP contribution in [0.5, 0.6) is 5.75 Å². The zero-order chi connectivity index (χ0) is 14.5. The van der Waals surface area contributed by atoms with Gasteiger partial charge in [0, 0.05) is 14.5 Å². The van der Waals surface area contributed by atoms with Gasteiger partial charge in [0.05, 0.1) is 19.2 Å². The normalized spacial score (nSPS) is 10.2. The Morgan fingerprint density at radius 3 is 2.65 bits per heavy atom. The number of carbonyl (C=O) groups is 1. The van der Waals surface area contributed by atoms with Crippen LogP contribution in [0.2, 0.25) is 0 Å². The van der Waals surface area contributed by atoms with Crippen molar-refractivity contribution < 1.29 is 9.53 Å². The van der Waals surface area contributed by atoms with Crippen molar-refractivity contribution in [3.8, 4) is 5.75 Å². The number of halogens is 2. The lowest BCUT2D eigenvalue weighted by Crippen LogP contribution is -2.15. The van der Waals surface area contributed by atoms with Crippen molar-refractivity contribution in [1.29, 1.82) is 0 Å². The second-order valence-corrected chi connectivity index (χ2v) is 5.93. The molecule has 0 aliphatic carbocycles. The molecule has 20 heavy (non-hydrogen) atoms. The summed E-state index contributed by atoms with van der Waals surface area (Å²) in [6.07, 6.45) is 0.270. The molecule has 2 aromatic carbocycles. The van der Waals surface area contributed by atoms with Crippen molar-refractivity contribution >= 4 is 43.5 Å². The zero-order valence-corrected chi connectivity index (χ0v) is 14.0. The van der Waals surface area contributed by atoms with Gasteiger partial charge in [0.25, 0.3) is 0 Å². The van der Waals surface area contributed by atoms with Crippen molar-refractivity contribution in [3.63, 3.8) is 0 Å². The Morgan fingerprint density at radius 1 is 1.20 bits per heavy atom. The Balaban J connectivity index is 2.09. The molecule has 1 N–H and O–H groups in total. The van der Waals surface area contributed by atoms with Gasteiger partial charge in [-0.15, -0.1) is 0 Å². The lowest BCUT2D eigenvalue weighted by molar-refractivity contribution is -0.115. The highest BCUT2D eigenvalue weighted by Crippen LogP contribution is 2.26. The van der Waals surface area contributed by atoms with Crippen LogP contribution >= 0.6 is 31.9 Å². The smallest absolute Gasteiger partial charge is 0.228 e. The summed E-state index contributed by atoms with van der Waals surface area (Å²) in [5.41, 5.74) is 1.61. The van der Waals surface area contributed by atoms with Crippen LogP contribution < -0.4 is 10.1 Å². The second-order valence-electron chi connectivity index (χ2n) is 4.16. The highest BCUT2D eigenvalue weighted by molar-refractivity contribution is 9.11. The summed E-state index contributed by atoms with van der Waals surface area (Å²) in [5, 5.41) is 2.88. The van der Waals surface area contributed by atoms with E-state index < -0.39 is 0 Å². The fourth-order valence-electron chi connectivity index (χ4n) is 1.81. The molecule has 104 valence electrons. The molecule has 0 heterocycles. The van der Waals surface area contributed by atoms with E-state index in [0.29, 0.717) is 0 Å². The Kier molecular flexibility index (Phi) is 5.20. The molecule has 0 aliphatic rings. The predicted octanol–water partition coefficient (Wildman–Crippen LogP) is 4.40. The quantitative estimate of drug-likeness (QED) is 0.828. The van der Waals surface area contributed by atoms with Crippen LogP contribution in [0, 0.1) is 0 Å². The number of nitrogens with one attached hydrogen (secondary N) is 1. The van der Waals surface area contributed by atoms with Crippen molar-refractivity contribution in [2.24, 2.45) is 0 Å². The van der Waals surface area contributed by atoms with Crippen molar-refractivity contribution in [2.45, 2.75) is 6.42 Å². The molecule has 5 heteroatoms. The molecule has 0 fully saturated rings. The second kappa shape index (κ2) is 6.90.